The maximum Gasteiger partial charge on any atom is 0.306 e. The summed E-state index contributed by atoms with van der Waals surface area (Å²) in [5.41, 5.74) is -0.165. The van der Waals surface area contributed by atoms with Crippen molar-refractivity contribution in [3.8, 4) is 0 Å². The summed E-state index contributed by atoms with van der Waals surface area (Å²) in [5.74, 6) is 2.53. The van der Waals surface area contributed by atoms with Crippen LogP contribution < -0.4 is 0 Å². The van der Waals surface area contributed by atoms with Crippen molar-refractivity contribution in [3.63, 3.8) is 0 Å². The molecule has 0 spiro atoms. The molecule has 0 radical (unpaired) electrons. The summed E-state index contributed by atoms with van der Waals surface area (Å²) in [6.07, 6.45) is 13.3. The summed E-state index contributed by atoms with van der Waals surface area (Å²) in [7, 11) is 0. The van der Waals surface area contributed by atoms with Gasteiger partial charge in [0, 0.05) is 6.42 Å². The van der Waals surface area contributed by atoms with E-state index in [0.29, 0.717) is 6.42 Å². The van der Waals surface area contributed by atoms with Crippen molar-refractivity contribution in [1.29, 1.82) is 0 Å². The van der Waals surface area contributed by atoms with E-state index in [1.54, 1.807) is 0 Å². The molecular formula is C21H40O2. The van der Waals surface area contributed by atoms with Crippen LogP contribution in [0.4, 0.5) is 0 Å². The molecule has 2 nitrogen and oxygen atoms in total. The van der Waals surface area contributed by atoms with Crippen LogP contribution in [0.15, 0.2) is 0 Å². The highest BCUT2D eigenvalue weighted by molar-refractivity contribution is 5.72. The predicted molar refractivity (Wildman–Crippen MR) is 98.5 cm³/mol. The Bertz CT molecular complexity index is 337. The molecule has 3 unspecified atom stereocenters. The highest BCUT2D eigenvalue weighted by Crippen LogP contribution is 2.32. The second-order valence-electron chi connectivity index (χ2n) is 8.78. The number of carbonyl (C=O) groups is 1. The third-order valence-corrected chi connectivity index (χ3v) is 5.49. The van der Waals surface area contributed by atoms with E-state index in [1.807, 2.05) is 0 Å². The van der Waals surface area contributed by atoms with E-state index in [9.17, 15) is 4.79 Å². The van der Waals surface area contributed by atoms with Gasteiger partial charge in [0.25, 0.3) is 0 Å². The van der Waals surface area contributed by atoms with Gasteiger partial charge in [0.05, 0.1) is 0 Å². The van der Waals surface area contributed by atoms with E-state index in [2.05, 4.69) is 34.6 Å². The SMILES string of the molecule is CC(C)CCCC(C)CCCC(C)CCCC1(C)CCC(=O)O1. The Kier molecular flexibility index (Phi) is 9.24. The van der Waals surface area contributed by atoms with Gasteiger partial charge in [-0.25, -0.2) is 0 Å². The molecule has 0 amide bonds. The van der Waals surface area contributed by atoms with E-state index in [1.165, 1.54) is 51.4 Å². The molecule has 1 aliphatic rings. The molecule has 2 heteroatoms. The van der Waals surface area contributed by atoms with Crippen LogP contribution in [0, 0.1) is 17.8 Å². The van der Waals surface area contributed by atoms with Crippen molar-refractivity contribution in [2.24, 2.45) is 17.8 Å². The highest BCUT2D eigenvalue weighted by Gasteiger charge is 2.34. The zero-order chi connectivity index (χ0) is 17.3. The lowest BCUT2D eigenvalue weighted by atomic mass is 9.89. The van der Waals surface area contributed by atoms with Crippen LogP contribution in [-0.2, 0) is 9.53 Å². The lowest BCUT2D eigenvalue weighted by molar-refractivity contribution is -0.147. The van der Waals surface area contributed by atoms with Gasteiger partial charge < -0.3 is 4.74 Å². The average molecular weight is 325 g/mol. The Morgan fingerprint density at radius 3 is 1.91 bits per heavy atom. The molecule has 3 atom stereocenters. The minimum absolute atomic E-state index is 0.00740. The molecule has 23 heavy (non-hydrogen) atoms. The summed E-state index contributed by atoms with van der Waals surface area (Å²) < 4.78 is 5.46. The third kappa shape index (κ3) is 9.37. The monoisotopic (exact) mass is 324 g/mol. The maximum absolute atomic E-state index is 11.3. The first-order valence-electron chi connectivity index (χ1n) is 10.0. The van der Waals surface area contributed by atoms with E-state index >= 15 is 0 Å². The van der Waals surface area contributed by atoms with Crippen LogP contribution in [0.25, 0.3) is 0 Å². The quantitative estimate of drug-likeness (QED) is 0.382. The van der Waals surface area contributed by atoms with Gasteiger partial charge in [-0.15, -0.1) is 0 Å². The van der Waals surface area contributed by atoms with Crippen molar-refractivity contribution in [2.75, 3.05) is 0 Å². The van der Waals surface area contributed by atoms with Crippen LogP contribution in [0.1, 0.15) is 105 Å². The summed E-state index contributed by atoms with van der Waals surface area (Å²) in [6.45, 7) is 11.5. The van der Waals surface area contributed by atoms with Crippen molar-refractivity contribution < 1.29 is 9.53 Å². The van der Waals surface area contributed by atoms with E-state index in [0.717, 1.165) is 30.6 Å². The van der Waals surface area contributed by atoms with Crippen molar-refractivity contribution >= 4 is 5.97 Å². The van der Waals surface area contributed by atoms with Gasteiger partial charge in [-0.2, -0.15) is 0 Å². The number of esters is 1. The normalized spacial score (nSPS) is 24.0. The first-order valence-corrected chi connectivity index (χ1v) is 10.0. The Labute approximate surface area is 144 Å². The Morgan fingerprint density at radius 1 is 0.913 bits per heavy atom. The zero-order valence-corrected chi connectivity index (χ0v) is 16.3. The van der Waals surface area contributed by atoms with Crippen molar-refractivity contribution in [2.45, 2.75) is 111 Å². The van der Waals surface area contributed by atoms with Crippen LogP contribution >= 0.6 is 0 Å². The fraction of sp³-hybridized carbons (Fsp3) is 0.952. The molecule has 1 rings (SSSR count). The van der Waals surface area contributed by atoms with Gasteiger partial charge in [-0.05, 0) is 43.9 Å². The summed E-state index contributed by atoms with van der Waals surface area (Å²) in [5, 5.41) is 0. The fourth-order valence-corrected chi connectivity index (χ4v) is 3.72. The fourth-order valence-electron chi connectivity index (χ4n) is 3.72. The zero-order valence-electron chi connectivity index (χ0n) is 16.3. The van der Waals surface area contributed by atoms with Gasteiger partial charge >= 0.3 is 5.97 Å². The van der Waals surface area contributed by atoms with Crippen molar-refractivity contribution in [3.05, 3.63) is 0 Å². The van der Waals surface area contributed by atoms with Gasteiger partial charge in [-0.1, -0.05) is 72.6 Å². The van der Waals surface area contributed by atoms with Crippen LogP contribution in [0.2, 0.25) is 0 Å². The molecular weight excluding hydrogens is 284 g/mol. The number of carbonyl (C=O) groups excluding carboxylic acids is 1. The number of rotatable bonds is 12. The number of hydrogen-bond donors (Lipinski definition) is 0. The smallest absolute Gasteiger partial charge is 0.306 e. The van der Waals surface area contributed by atoms with Crippen LogP contribution in [0.3, 0.4) is 0 Å². The standard InChI is InChI=1S/C21H40O2/c1-17(2)9-6-10-18(3)11-7-12-19(4)13-8-15-21(5)16-14-20(22)23-21/h17-19H,6-16H2,1-5H3. The van der Waals surface area contributed by atoms with E-state index in [-0.39, 0.29) is 11.6 Å². The minimum Gasteiger partial charge on any atom is -0.459 e. The number of hydrogen-bond acceptors (Lipinski definition) is 2. The maximum atomic E-state index is 11.3. The minimum atomic E-state index is -0.165. The molecule has 1 heterocycles. The summed E-state index contributed by atoms with van der Waals surface area (Å²) in [6, 6.07) is 0. The molecule has 0 aromatic carbocycles. The molecule has 0 aliphatic carbocycles. The van der Waals surface area contributed by atoms with Gasteiger partial charge in [0.1, 0.15) is 5.60 Å². The van der Waals surface area contributed by atoms with E-state index < -0.39 is 0 Å². The summed E-state index contributed by atoms with van der Waals surface area (Å²) >= 11 is 0. The molecule has 0 bridgehead atoms. The number of cyclic esters (lactones) is 1. The lowest BCUT2D eigenvalue weighted by Gasteiger charge is -2.23. The Hall–Kier alpha value is -0.530. The largest absolute Gasteiger partial charge is 0.459 e. The second-order valence-corrected chi connectivity index (χ2v) is 8.78. The van der Waals surface area contributed by atoms with Crippen LogP contribution in [-0.4, -0.2) is 11.6 Å². The average Bonchev–Trinajstić information content (AvgIpc) is 2.78. The molecule has 136 valence electrons. The molecule has 0 N–H and O–H groups in total. The van der Waals surface area contributed by atoms with Gasteiger partial charge in [0.15, 0.2) is 0 Å². The Balaban J connectivity index is 2.01. The molecule has 0 aromatic heterocycles. The topological polar surface area (TPSA) is 26.3 Å². The molecule has 0 saturated carbocycles. The molecule has 1 aliphatic heterocycles. The third-order valence-electron chi connectivity index (χ3n) is 5.49. The van der Waals surface area contributed by atoms with Crippen LogP contribution in [0.5, 0.6) is 0 Å². The molecule has 0 aromatic rings. The first kappa shape index (κ1) is 20.5. The molecule has 1 fully saturated rings. The molecule has 1 saturated heterocycles. The summed E-state index contributed by atoms with van der Waals surface area (Å²) in [4.78, 5) is 11.3. The predicted octanol–water partition coefficient (Wildman–Crippen LogP) is 6.52. The second kappa shape index (κ2) is 10.4. The number of ether oxygens (including phenoxy) is 1. The van der Waals surface area contributed by atoms with Gasteiger partial charge in [0.2, 0.25) is 0 Å². The Morgan fingerprint density at radius 2 is 1.43 bits per heavy atom. The van der Waals surface area contributed by atoms with Gasteiger partial charge in [-0.3, -0.25) is 4.79 Å². The lowest BCUT2D eigenvalue weighted by Crippen LogP contribution is -2.23. The van der Waals surface area contributed by atoms with E-state index in [4.69, 9.17) is 4.74 Å². The van der Waals surface area contributed by atoms with Crippen molar-refractivity contribution in [1.82, 2.24) is 0 Å². The highest BCUT2D eigenvalue weighted by atomic mass is 16.6. The first-order chi connectivity index (χ1) is 10.8.